The first kappa shape index (κ1) is 14.2. The molecular formula is C16H15N7O. The van der Waals surface area contributed by atoms with Gasteiger partial charge in [-0.2, -0.15) is 14.6 Å². The van der Waals surface area contributed by atoms with Gasteiger partial charge in [0, 0.05) is 36.6 Å². The average Bonchev–Trinajstić information content (AvgIpc) is 3.20. The first-order chi connectivity index (χ1) is 11.7. The second-order valence-electron chi connectivity index (χ2n) is 5.40. The van der Waals surface area contributed by atoms with Crippen LogP contribution in [0.25, 0.3) is 17.2 Å². The predicted octanol–water partition coefficient (Wildman–Crippen LogP) is 1.43. The number of nitrogens with one attached hydrogen (secondary N) is 2. The Kier molecular flexibility index (Phi) is 3.34. The van der Waals surface area contributed by atoms with Crippen LogP contribution in [0, 0.1) is 0 Å². The third-order valence-corrected chi connectivity index (χ3v) is 3.59. The van der Waals surface area contributed by atoms with Crippen LogP contribution >= 0.6 is 0 Å². The number of nitrogens with zero attached hydrogens (tertiary/aromatic N) is 5. The van der Waals surface area contributed by atoms with Crippen molar-refractivity contribution in [2.45, 2.75) is 6.54 Å². The fourth-order valence-electron chi connectivity index (χ4n) is 2.44. The maximum absolute atomic E-state index is 12.3. The van der Waals surface area contributed by atoms with E-state index in [1.165, 1.54) is 10.6 Å². The molecule has 0 unspecified atom stereocenters. The standard InChI is InChI=1S/C16H15N7O/c1-22-8-7-13(20-22)17-10-12-9-14(24)23-16(18-12)19-15(21-23)11-5-3-2-4-6-11/h2-9H,10H2,1H3,(H,17,20)(H,18,19,21). The Morgan fingerprint density at radius 1 is 1.17 bits per heavy atom. The molecule has 3 aromatic heterocycles. The van der Waals surface area contributed by atoms with Crippen LogP contribution in [0.1, 0.15) is 5.69 Å². The molecule has 0 spiro atoms. The van der Waals surface area contributed by atoms with E-state index in [1.54, 1.807) is 4.68 Å². The van der Waals surface area contributed by atoms with Crippen molar-refractivity contribution in [3.05, 3.63) is 64.7 Å². The molecule has 0 amide bonds. The van der Waals surface area contributed by atoms with Gasteiger partial charge in [0.25, 0.3) is 5.56 Å². The van der Waals surface area contributed by atoms with Gasteiger partial charge < -0.3 is 10.3 Å². The predicted molar refractivity (Wildman–Crippen MR) is 89.6 cm³/mol. The summed E-state index contributed by atoms with van der Waals surface area (Å²) in [6, 6.07) is 12.9. The third-order valence-electron chi connectivity index (χ3n) is 3.59. The second-order valence-corrected chi connectivity index (χ2v) is 5.40. The van der Waals surface area contributed by atoms with Crippen LogP contribution < -0.4 is 10.9 Å². The number of aryl methyl sites for hydroxylation is 1. The Balaban J connectivity index is 1.65. The first-order valence-corrected chi connectivity index (χ1v) is 7.47. The zero-order valence-corrected chi connectivity index (χ0v) is 13.0. The SMILES string of the molecule is Cn1ccc(NCc2cc(=O)n3nc(-c4ccccc4)nc3[nH]2)n1. The summed E-state index contributed by atoms with van der Waals surface area (Å²) in [5.74, 6) is 1.67. The second kappa shape index (κ2) is 5.65. The summed E-state index contributed by atoms with van der Waals surface area (Å²) in [4.78, 5) is 19.8. The number of hydrogen-bond acceptors (Lipinski definition) is 5. The van der Waals surface area contributed by atoms with Crippen molar-refractivity contribution >= 4 is 11.6 Å². The van der Waals surface area contributed by atoms with Crippen molar-refractivity contribution in [3.8, 4) is 11.4 Å². The minimum absolute atomic E-state index is 0.226. The maximum atomic E-state index is 12.3. The lowest BCUT2D eigenvalue weighted by Crippen LogP contribution is -2.17. The Bertz CT molecular complexity index is 1050. The number of fused-ring (bicyclic) bond motifs is 1. The van der Waals surface area contributed by atoms with E-state index in [0.717, 1.165) is 11.4 Å². The third kappa shape index (κ3) is 2.65. The number of H-pyrrole nitrogens is 1. The van der Waals surface area contributed by atoms with E-state index in [9.17, 15) is 4.79 Å². The van der Waals surface area contributed by atoms with E-state index in [2.05, 4.69) is 25.5 Å². The summed E-state index contributed by atoms with van der Waals surface area (Å²) in [5.41, 5.74) is 1.35. The molecule has 8 nitrogen and oxygen atoms in total. The first-order valence-electron chi connectivity index (χ1n) is 7.47. The summed E-state index contributed by atoms with van der Waals surface area (Å²) in [5, 5.41) is 11.7. The summed E-state index contributed by atoms with van der Waals surface area (Å²) in [7, 11) is 1.85. The van der Waals surface area contributed by atoms with E-state index in [-0.39, 0.29) is 5.56 Å². The Morgan fingerprint density at radius 3 is 2.75 bits per heavy atom. The van der Waals surface area contributed by atoms with Crippen molar-refractivity contribution < 1.29 is 0 Å². The van der Waals surface area contributed by atoms with Crippen LogP contribution in [0.3, 0.4) is 0 Å². The topological polar surface area (TPSA) is 92.9 Å². The quantitative estimate of drug-likeness (QED) is 0.593. The molecule has 1 aromatic carbocycles. The van der Waals surface area contributed by atoms with Gasteiger partial charge >= 0.3 is 0 Å². The monoisotopic (exact) mass is 321 g/mol. The van der Waals surface area contributed by atoms with E-state index >= 15 is 0 Å². The number of benzene rings is 1. The van der Waals surface area contributed by atoms with Crippen LogP contribution in [-0.4, -0.2) is 29.4 Å². The molecule has 0 saturated heterocycles. The minimum atomic E-state index is -0.226. The molecule has 0 aliphatic heterocycles. The van der Waals surface area contributed by atoms with Gasteiger partial charge in [-0.3, -0.25) is 9.48 Å². The molecule has 8 heteroatoms. The van der Waals surface area contributed by atoms with Crippen LogP contribution in [0.15, 0.2) is 53.5 Å². The molecule has 2 N–H and O–H groups in total. The van der Waals surface area contributed by atoms with Crippen molar-refractivity contribution in [3.63, 3.8) is 0 Å². The largest absolute Gasteiger partial charge is 0.363 e. The molecule has 0 fully saturated rings. The van der Waals surface area contributed by atoms with Gasteiger partial charge in [0.05, 0.1) is 6.54 Å². The number of rotatable bonds is 4. The van der Waals surface area contributed by atoms with Gasteiger partial charge in [0.15, 0.2) is 5.82 Å². The lowest BCUT2D eigenvalue weighted by atomic mass is 10.2. The fourth-order valence-corrected chi connectivity index (χ4v) is 2.44. The summed E-state index contributed by atoms with van der Waals surface area (Å²) in [6.07, 6.45) is 1.85. The molecule has 24 heavy (non-hydrogen) atoms. The maximum Gasteiger partial charge on any atom is 0.275 e. The number of aromatic amines is 1. The molecule has 4 rings (SSSR count). The smallest absolute Gasteiger partial charge is 0.275 e. The van der Waals surface area contributed by atoms with Gasteiger partial charge in [-0.25, -0.2) is 0 Å². The normalized spacial score (nSPS) is 11.0. The Labute approximate surface area is 136 Å². The zero-order chi connectivity index (χ0) is 16.5. The molecule has 4 aromatic rings. The van der Waals surface area contributed by atoms with Crippen LogP contribution in [0.4, 0.5) is 5.82 Å². The highest BCUT2D eigenvalue weighted by Crippen LogP contribution is 2.14. The summed E-state index contributed by atoms with van der Waals surface area (Å²) in [6.45, 7) is 0.441. The highest BCUT2D eigenvalue weighted by molar-refractivity contribution is 5.56. The molecule has 120 valence electrons. The average molecular weight is 321 g/mol. The molecule has 0 bridgehead atoms. The molecular weight excluding hydrogens is 306 g/mol. The van der Waals surface area contributed by atoms with Crippen molar-refractivity contribution in [2.24, 2.45) is 7.05 Å². The van der Waals surface area contributed by atoms with Gasteiger partial charge in [0.1, 0.15) is 5.82 Å². The lowest BCUT2D eigenvalue weighted by molar-refractivity contribution is 0.767. The van der Waals surface area contributed by atoms with Gasteiger partial charge in [0.2, 0.25) is 5.78 Å². The van der Waals surface area contributed by atoms with E-state index in [4.69, 9.17) is 0 Å². The van der Waals surface area contributed by atoms with Gasteiger partial charge in [-0.1, -0.05) is 30.3 Å². The molecule has 0 aliphatic rings. The fraction of sp³-hybridized carbons (Fsp3) is 0.125. The van der Waals surface area contributed by atoms with E-state index < -0.39 is 0 Å². The van der Waals surface area contributed by atoms with Gasteiger partial charge in [-0.15, -0.1) is 5.10 Å². The van der Waals surface area contributed by atoms with Crippen LogP contribution in [-0.2, 0) is 13.6 Å². The van der Waals surface area contributed by atoms with Crippen LogP contribution in [0.2, 0.25) is 0 Å². The highest BCUT2D eigenvalue weighted by atomic mass is 16.1. The summed E-state index contributed by atoms with van der Waals surface area (Å²) < 4.78 is 2.98. The van der Waals surface area contributed by atoms with Gasteiger partial charge in [-0.05, 0) is 0 Å². The molecule has 0 radical (unpaired) electrons. The molecule has 3 heterocycles. The highest BCUT2D eigenvalue weighted by Gasteiger charge is 2.10. The molecule has 0 aliphatic carbocycles. The van der Waals surface area contributed by atoms with Crippen LogP contribution in [0.5, 0.6) is 0 Å². The molecule has 0 atom stereocenters. The van der Waals surface area contributed by atoms with E-state index in [1.807, 2.05) is 49.6 Å². The number of aromatic nitrogens is 6. The van der Waals surface area contributed by atoms with E-state index in [0.29, 0.717) is 23.8 Å². The van der Waals surface area contributed by atoms with Crippen molar-refractivity contribution in [2.75, 3.05) is 5.32 Å². The number of anilines is 1. The summed E-state index contributed by atoms with van der Waals surface area (Å²) >= 11 is 0. The lowest BCUT2D eigenvalue weighted by Gasteiger charge is -2.03. The molecule has 0 saturated carbocycles. The minimum Gasteiger partial charge on any atom is -0.363 e. The van der Waals surface area contributed by atoms with Crippen molar-refractivity contribution in [1.29, 1.82) is 0 Å². The Hall–Kier alpha value is -3.42. The zero-order valence-electron chi connectivity index (χ0n) is 13.0. The van der Waals surface area contributed by atoms with Crippen molar-refractivity contribution in [1.82, 2.24) is 29.4 Å². The Morgan fingerprint density at radius 2 is 2.00 bits per heavy atom. The number of hydrogen-bond donors (Lipinski definition) is 2.